The van der Waals surface area contributed by atoms with Gasteiger partial charge in [-0.15, -0.1) is 10.2 Å². The summed E-state index contributed by atoms with van der Waals surface area (Å²) in [6.07, 6.45) is 0. The number of aromatic nitrogens is 3. The van der Waals surface area contributed by atoms with Crippen molar-refractivity contribution in [2.24, 2.45) is 0 Å². The molecular weight excluding hydrogens is 444 g/mol. The summed E-state index contributed by atoms with van der Waals surface area (Å²) in [7, 11) is 1.63. The van der Waals surface area contributed by atoms with Gasteiger partial charge in [0, 0.05) is 10.7 Å². The number of hydrogen-bond acceptors (Lipinski definition) is 5. The molecule has 0 saturated heterocycles. The first-order valence-electron chi connectivity index (χ1n) is 9.93. The number of thioether (sulfide) groups is 1. The summed E-state index contributed by atoms with van der Waals surface area (Å²) >= 11 is 7.24. The maximum Gasteiger partial charge on any atom is 0.234 e. The molecule has 8 heteroatoms. The van der Waals surface area contributed by atoms with Crippen molar-refractivity contribution in [3.8, 4) is 17.1 Å². The van der Waals surface area contributed by atoms with E-state index in [4.69, 9.17) is 16.3 Å². The quantitative estimate of drug-likeness (QED) is 0.354. The number of benzene rings is 3. The van der Waals surface area contributed by atoms with Crippen LogP contribution in [0.15, 0.2) is 84.0 Å². The van der Waals surface area contributed by atoms with Crippen molar-refractivity contribution >= 4 is 35.0 Å². The molecule has 0 saturated carbocycles. The van der Waals surface area contributed by atoms with E-state index in [1.807, 2.05) is 59.2 Å². The first-order valence-corrected chi connectivity index (χ1v) is 11.3. The molecule has 0 bridgehead atoms. The predicted octanol–water partition coefficient (Wildman–Crippen LogP) is 5.39. The second-order valence-electron chi connectivity index (χ2n) is 6.92. The molecule has 0 aliphatic heterocycles. The highest BCUT2D eigenvalue weighted by atomic mass is 35.5. The fraction of sp³-hybridized carbons (Fsp3) is 0.125. The van der Waals surface area contributed by atoms with E-state index in [1.54, 1.807) is 31.4 Å². The molecule has 0 radical (unpaired) electrons. The van der Waals surface area contributed by atoms with E-state index in [9.17, 15) is 4.79 Å². The van der Waals surface area contributed by atoms with Gasteiger partial charge in [-0.2, -0.15) is 0 Å². The topological polar surface area (TPSA) is 69.0 Å². The lowest BCUT2D eigenvalue weighted by atomic mass is 10.1. The van der Waals surface area contributed by atoms with Crippen LogP contribution >= 0.6 is 23.4 Å². The minimum absolute atomic E-state index is 0.134. The van der Waals surface area contributed by atoms with E-state index in [0.29, 0.717) is 34.0 Å². The first-order chi connectivity index (χ1) is 15.6. The molecule has 3 aromatic carbocycles. The molecule has 162 valence electrons. The van der Waals surface area contributed by atoms with Crippen molar-refractivity contribution in [1.29, 1.82) is 0 Å². The van der Waals surface area contributed by atoms with Crippen LogP contribution in [0, 0.1) is 0 Å². The highest BCUT2D eigenvalue weighted by Crippen LogP contribution is 2.31. The SMILES string of the molecule is COc1ccccc1-c1nnc(SCC(=O)Nc2ccc(Cl)cc2)n1Cc1ccccc1. The molecule has 1 heterocycles. The van der Waals surface area contributed by atoms with Crippen LogP contribution in [0.3, 0.4) is 0 Å². The number of methoxy groups -OCH3 is 1. The normalized spacial score (nSPS) is 10.7. The number of nitrogens with one attached hydrogen (secondary N) is 1. The molecule has 0 spiro atoms. The maximum atomic E-state index is 12.5. The number of hydrogen-bond donors (Lipinski definition) is 1. The third-order valence-electron chi connectivity index (χ3n) is 4.71. The zero-order chi connectivity index (χ0) is 22.3. The van der Waals surface area contributed by atoms with Gasteiger partial charge in [-0.25, -0.2) is 0 Å². The van der Waals surface area contributed by atoms with Gasteiger partial charge in [0.05, 0.1) is 25.0 Å². The molecule has 0 aliphatic carbocycles. The Bertz CT molecular complexity index is 1200. The van der Waals surface area contributed by atoms with Gasteiger partial charge in [0.25, 0.3) is 0 Å². The highest BCUT2D eigenvalue weighted by Gasteiger charge is 2.18. The molecule has 1 N–H and O–H groups in total. The van der Waals surface area contributed by atoms with Gasteiger partial charge in [0.1, 0.15) is 5.75 Å². The van der Waals surface area contributed by atoms with Crippen LogP contribution in [0.4, 0.5) is 5.69 Å². The van der Waals surface area contributed by atoms with Crippen LogP contribution < -0.4 is 10.1 Å². The molecule has 1 aromatic heterocycles. The smallest absolute Gasteiger partial charge is 0.234 e. The predicted molar refractivity (Wildman–Crippen MR) is 128 cm³/mol. The minimum atomic E-state index is -0.134. The Morgan fingerprint density at radius 3 is 2.47 bits per heavy atom. The summed E-state index contributed by atoms with van der Waals surface area (Å²) in [5, 5.41) is 12.9. The maximum absolute atomic E-state index is 12.5. The van der Waals surface area contributed by atoms with Crippen molar-refractivity contribution in [2.75, 3.05) is 18.2 Å². The number of amides is 1. The number of anilines is 1. The van der Waals surface area contributed by atoms with Crippen LogP contribution in [-0.4, -0.2) is 33.5 Å². The lowest BCUT2D eigenvalue weighted by Crippen LogP contribution is -2.14. The molecule has 32 heavy (non-hydrogen) atoms. The third kappa shape index (κ3) is 5.30. The molecular formula is C24H21ClN4O2S. The average Bonchev–Trinajstić information content (AvgIpc) is 3.22. The number of ether oxygens (including phenoxy) is 1. The lowest BCUT2D eigenvalue weighted by Gasteiger charge is -2.12. The van der Waals surface area contributed by atoms with Crippen LogP contribution in [0.5, 0.6) is 5.75 Å². The van der Waals surface area contributed by atoms with Crippen molar-refractivity contribution < 1.29 is 9.53 Å². The molecule has 0 aliphatic rings. The largest absolute Gasteiger partial charge is 0.496 e. The molecule has 4 aromatic rings. The summed E-state index contributed by atoms with van der Waals surface area (Å²) < 4.78 is 7.53. The summed E-state index contributed by atoms with van der Waals surface area (Å²) in [4.78, 5) is 12.5. The Kier molecular flexibility index (Phi) is 7.09. The molecule has 6 nitrogen and oxygen atoms in total. The number of halogens is 1. The molecule has 4 rings (SSSR count). The third-order valence-corrected chi connectivity index (χ3v) is 5.93. The minimum Gasteiger partial charge on any atom is -0.496 e. The highest BCUT2D eigenvalue weighted by molar-refractivity contribution is 7.99. The van der Waals surface area contributed by atoms with E-state index in [-0.39, 0.29) is 11.7 Å². The van der Waals surface area contributed by atoms with Gasteiger partial charge in [-0.1, -0.05) is 65.8 Å². The summed E-state index contributed by atoms with van der Waals surface area (Å²) in [5.41, 5.74) is 2.65. The van der Waals surface area contributed by atoms with Gasteiger partial charge in [0.15, 0.2) is 11.0 Å². The van der Waals surface area contributed by atoms with Gasteiger partial charge in [-0.3, -0.25) is 9.36 Å². The fourth-order valence-electron chi connectivity index (χ4n) is 3.19. The Labute approximate surface area is 195 Å². The van der Waals surface area contributed by atoms with Gasteiger partial charge in [0.2, 0.25) is 5.91 Å². The summed E-state index contributed by atoms with van der Waals surface area (Å²) in [6.45, 7) is 0.572. The van der Waals surface area contributed by atoms with Crippen molar-refractivity contribution in [2.45, 2.75) is 11.7 Å². The number of nitrogens with zero attached hydrogens (tertiary/aromatic N) is 3. The number of carbonyl (C=O) groups excluding carboxylic acids is 1. The second kappa shape index (κ2) is 10.3. The Morgan fingerprint density at radius 2 is 1.72 bits per heavy atom. The van der Waals surface area contributed by atoms with Crippen molar-refractivity contribution in [3.05, 3.63) is 89.4 Å². The van der Waals surface area contributed by atoms with Gasteiger partial charge in [-0.05, 0) is 42.0 Å². The standard InChI is InChI=1S/C24H21ClN4O2S/c1-31-21-10-6-5-9-20(21)23-27-28-24(29(23)15-17-7-3-2-4-8-17)32-16-22(30)26-19-13-11-18(25)12-14-19/h2-14H,15-16H2,1H3,(H,26,30). The van der Waals surface area contributed by atoms with Crippen LogP contribution in [0.2, 0.25) is 5.02 Å². The van der Waals surface area contributed by atoms with Gasteiger partial charge >= 0.3 is 0 Å². The summed E-state index contributed by atoms with van der Waals surface area (Å²) in [6, 6.07) is 24.8. The van der Waals surface area contributed by atoms with E-state index in [0.717, 1.165) is 11.1 Å². The van der Waals surface area contributed by atoms with Gasteiger partial charge < -0.3 is 10.1 Å². The Balaban J connectivity index is 1.57. The molecule has 0 unspecified atom stereocenters. The number of para-hydroxylation sites is 1. The van der Waals surface area contributed by atoms with E-state index >= 15 is 0 Å². The number of carbonyl (C=O) groups is 1. The first kappa shape index (κ1) is 21.9. The Morgan fingerprint density at radius 1 is 1.00 bits per heavy atom. The van der Waals surface area contributed by atoms with E-state index < -0.39 is 0 Å². The van der Waals surface area contributed by atoms with Crippen molar-refractivity contribution in [3.63, 3.8) is 0 Å². The van der Waals surface area contributed by atoms with Crippen molar-refractivity contribution in [1.82, 2.24) is 14.8 Å². The monoisotopic (exact) mass is 464 g/mol. The number of rotatable bonds is 8. The molecule has 0 atom stereocenters. The Hall–Kier alpha value is -3.29. The zero-order valence-electron chi connectivity index (χ0n) is 17.4. The zero-order valence-corrected chi connectivity index (χ0v) is 18.9. The molecule has 1 amide bonds. The van der Waals surface area contributed by atoms with E-state index in [2.05, 4.69) is 15.5 Å². The fourth-order valence-corrected chi connectivity index (χ4v) is 4.06. The lowest BCUT2D eigenvalue weighted by molar-refractivity contribution is -0.113. The van der Waals surface area contributed by atoms with Crippen LogP contribution in [0.1, 0.15) is 5.56 Å². The van der Waals surface area contributed by atoms with Crippen LogP contribution in [-0.2, 0) is 11.3 Å². The molecule has 0 fully saturated rings. The average molecular weight is 465 g/mol. The summed E-state index contributed by atoms with van der Waals surface area (Å²) in [5.74, 6) is 1.46. The van der Waals surface area contributed by atoms with Crippen LogP contribution in [0.25, 0.3) is 11.4 Å². The van der Waals surface area contributed by atoms with E-state index in [1.165, 1.54) is 11.8 Å². The second-order valence-corrected chi connectivity index (χ2v) is 8.30.